The van der Waals surface area contributed by atoms with Gasteiger partial charge >= 0.3 is 0 Å². The van der Waals surface area contributed by atoms with Gasteiger partial charge in [-0.25, -0.2) is 9.97 Å². The van der Waals surface area contributed by atoms with E-state index >= 15 is 0 Å². The van der Waals surface area contributed by atoms with Crippen LogP contribution in [-0.4, -0.2) is 52.1 Å². The molecule has 0 unspecified atom stereocenters. The summed E-state index contributed by atoms with van der Waals surface area (Å²) in [4.78, 5) is 25.5. The molecule has 0 atom stereocenters. The number of hydrogen-bond donors (Lipinski definition) is 1. The van der Waals surface area contributed by atoms with Crippen molar-refractivity contribution in [3.05, 3.63) is 59.2 Å². The molecule has 3 aromatic rings. The summed E-state index contributed by atoms with van der Waals surface area (Å²) >= 11 is 0. The molecule has 1 fully saturated rings. The number of piperazine rings is 1. The Labute approximate surface area is 169 Å². The van der Waals surface area contributed by atoms with Crippen LogP contribution in [0.15, 0.2) is 41.2 Å². The maximum atomic E-state index is 12.8. The Balaban J connectivity index is 1.37. The molecule has 0 saturated carbocycles. The van der Waals surface area contributed by atoms with Crippen molar-refractivity contribution in [1.82, 2.24) is 20.0 Å². The molecule has 0 radical (unpaired) electrons. The Kier molecular flexibility index (Phi) is 5.16. The molecule has 0 bridgehead atoms. The van der Waals surface area contributed by atoms with E-state index in [0.29, 0.717) is 36.2 Å². The summed E-state index contributed by atoms with van der Waals surface area (Å²) in [7, 11) is 0. The summed E-state index contributed by atoms with van der Waals surface area (Å²) in [5.41, 5.74) is 4.16. The lowest BCUT2D eigenvalue weighted by atomic mass is 10.1. The minimum absolute atomic E-state index is 0.0954. The predicted molar refractivity (Wildman–Crippen MR) is 111 cm³/mol. The molecule has 8 heteroatoms. The number of aryl methyl sites for hydroxylation is 2. The summed E-state index contributed by atoms with van der Waals surface area (Å²) in [6, 6.07) is 8.11. The second-order valence-electron chi connectivity index (χ2n) is 7.23. The van der Waals surface area contributed by atoms with Gasteiger partial charge in [0.05, 0.1) is 12.4 Å². The Morgan fingerprint density at radius 3 is 2.48 bits per heavy atom. The van der Waals surface area contributed by atoms with Crippen LogP contribution in [0.2, 0.25) is 0 Å². The Morgan fingerprint density at radius 2 is 1.83 bits per heavy atom. The van der Waals surface area contributed by atoms with Gasteiger partial charge in [-0.3, -0.25) is 4.79 Å². The molecule has 4 rings (SSSR count). The zero-order valence-corrected chi connectivity index (χ0v) is 16.8. The van der Waals surface area contributed by atoms with Crippen LogP contribution in [0.5, 0.6) is 0 Å². The third kappa shape index (κ3) is 4.06. The van der Waals surface area contributed by atoms with Crippen molar-refractivity contribution in [2.75, 3.05) is 36.4 Å². The number of rotatable bonds is 4. The minimum Gasteiger partial charge on any atom is -0.368 e. The molecule has 1 aliphatic heterocycles. The van der Waals surface area contributed by atoms with Gasteiger partial charge in [-0.15, -0.1) is 0 Å². The Morgan fingerprint density at radius 1 is 1.03 bits per heavy atom. The standard InChI is InChI=1S/C21H24N6O2/c1-14-5-4-6-18(16(14)3)26-7-9-27(10-8-26)21(28)17-12-23-20(13-22-17)24-19-11-15(2)29-25-19/h4-6,11-13H,7-10H2,1-3H3,(H,23,24,25). The monoisotopic (exact) mass is 392 g/mol. The van der Waals surface area contributed by atoms with Crippen molar-refractivity contribution < 1.29 is 9.32 Å². The molecule has 0 spiro atoms. The van der Waals surface area contributed by atoms with Gasteiger partial charge in [-0.05, 0) is 38.0 Å². The quantitative estimate of drug-likeness (QED) is 0.730. The van der Waals surface area contributed by atoms with E-state index in [1.54, 1.807) is 6.07 Å². The highest BCUT2D eigenvalue weighted by atomic mass is 16.5. The highest BCUT2D eigenvalue weighted by Gasteiger charge is 2.24. The normalized spacial score (nSPS) is 14.2. The first-order valence-corrected chi connectivity index (χ1v) is 9.64. The molecule has 2 aromatic heterocycles. The number of amides is 1. The average Bonchev–Trinajstić information content (AvgIpc) is 3.15. The van der Waals surface area contributed by atoms with E-state index in [1.807, 2.05) is 11.8 Å². The zero-order chi connectivity index (χ0) is 20.4. The first-order chi connectivity index (χ1) is 14.0. The van der Waals surface area contributed by atoms with Gasteiger partial charge < -0.3 is 19.6 Å². The smallest absolute Gasteiger partial charge is 0.274 e. The van der Waals surface area contributed by atoms with Crippen LogP contribution in [0.25, 0.3) is 0 Å². The number of benzene rings is 1. The van der Waals surface area contributed by atoms with Crippen LogP contribution in [-0.2, 0) is 0 Å². The van der Waals surface area contributed by atoms with Gasteiger partial charge in [0.25, 0.3) is 5.91 Å². The largest absolute Gasteiger partial charge is 0.368 e. The molecule has 1 aromatic carbocycles. The number of nitrogens with zero attached hydrogens (tertiary/aromatic N) is 5. The molecule has 1 saturated heterocycles. The van der Waals surface area contributed by atoms with Crippen LogP contribution in [0.3, 0.4) is 0 Å². The fraction of sp³-hybridized carbons (Fsp3) is 0.333. The summed E-state index contributed by atoms with van der Waals surface area (Å²) in [5.74, 6) is 1.67. The molecular weight excluding hydrogens is 368 g/mol. The number of anilines is 3. The van der Waals surface area contributed by atoms with Crippen molar-refractivity contribution in [3.63, 3.8) is 0 Å². The second kappa shape index (κ2) is 7.90. The maximum absolute atomic E-state index is 12.8. The fourth-order valence-corrected chi connectivity index (χ4v) is 3.45. The lowest BCUT2D eigenvalue weighted by Crippen LogP contribution is -2.49. The first kappa shape index (κ1) is 18.9. The third-order valence-electron chi connectivity index (χ3n) is 5.24. The van der Waals surface area contributed by atoms with E-state index < -0.39 is 0 Å². The van der Waals surface area contributed by atoms with E-state index in [2.05, 4.69) is 57.4 Å². The van der Waals surface area contributed by atoms with E-state index in [9.17, 15) is 4.79 Å². The molecule has 1 amide bonds. The maximum Gasteiger partial charge on any atom is 0.274 e. The first-order valence-electron chi connectivity index (χ1n) is 9.64. The van der Waals surface area contributed by atoms with Gasteiger partial charge in [-0.1, -0.05) is 17.3 Å². The molecule has 8 nitrogen and oxygen atoms in total. The Hall–Kier alpha value is -3.42. The second-order valence-corrected chi connectivity index (χ2v) is 7.23. The lowest BCUT2D eigenvalue weighted by molar-refractivity contribution is 0.0740. The van der Waals surface area contributed by atoms with Crippen molar-refractivity contribution >= 4 is 23.2 Å². The van der Waals surface area contributed by atoms with Crippen molar-refractivity contribution in [3.8, 4) is 0 Å². The van der Waals surface area contributed by atoms with Crippen LogP contribution in [0.1, 0.15) is 27.4 Å². The lowest BCUT2D eigenvalue weighted by Gasteiger charge is -2.36. The van der Waals surface area contributed by atoms with Crippen molar-refractivity contribution in [2.45, 2.75) is 20.8 Å². The van der Waals surface area contributed by atoms with Crippen molar-refractivity contribution in [2.24, 2.45) is 0 Å². The molecule has 0 aliphatic carbocycles. The van der Waals surface area contributed by atoms with Crippen LogP contribution >= 0.6 is 0 Å². The van der Waals surface area contributed by atoms with Crippen LogP contribution in [0, 0.1) is 20.8 Å². The van der Waals surface area contributed by atoms with E-state index in [1.165, 1.54) is 29.2 Å². The SMILES string of the molecule is Cc1cc(Nc2cnc(C(=O)N3CCN(c4cccc(C)c4C)CC3)cn2)no1. The van der Waals surface area contributed by atoms with Crippen LogP contribution in [0.4, 0.5) is 17.3 Å². The van der Waals surface area contributed by atoms with Gasteiger partial charge in [0.1, 0.15) is 17.3 Å². The van der Waals surface area contributed by atoms with E-state index in [-0.39, 0.29) is 5.91 Å². The Bertz CT molecular complexity index is 1010. The highest BCUT2D eigenvalue weighted by Crippen LogP contribution is 2.24. The number of carbonyl (C=O) groups excluding carboxylic acids is 1. The number of hydrogen-bond acceptors (Lipinski definition) is 7. The zero-order valence-electron chi connectivity index (χ0n) is 16.8. The van der Waals surface area contributed by atoms with Gasteiger partial charge in [0.2, 0.25) is 0 Å². The van der Waals surface area contributed by atoms with E-state index in [4.69, 9.17) is 4.52 Å². The summed E-state index contributed by atoms with van der Waals surface area (Å²) < 4.78 is 5.01. The topological polar surface area (TPSA) is 87.4 Å². The summed E-state index contributed by atoms with van der Waals surface area (Å²) in [6.45, 7) is 9.00. The molecule has 29 heavy (non-hydrogen) atoms. The predicted octanol–water partition coefficient (Wildman–Crippen LogP) is 3.10. The third-order valence-corrected chi connectivity index (χ3v) is 5.24. The number of carbonyl (C=O) groups is 1. The number of aromatic nitrogens is 3. The average molecular weight is 392 g/mol. The molecular formula is C21H24N6O2. The molecule has 1 N–H and O–H groups in total. The summed E-state index contributed by atoms with van der Waals surface area (Å²) in [5, 5.41) is 6.85. The number of nitrogens with one attached hydrogen (secondary N) is 1. The fourth-order valence-electron chi connectivity index (χ4n) is 3.45. The van der Waals surface area contributed by atoms with Crippen molar-refractivity contribution in [1.29, 1.82) is 0 Å². The van der Waals surface area contributed by atoms with Gasteiger partial charge in [0, 0.05) is 37.9 Å². The molecule has 150 valence electrons. The van der Waals surface area contributed by atoms with Gasteiger partial charge in [-0.2, -0.15) is 0 Å². The highest BCUT2D eigenvalue weighted by molar-refractivity contribution is 5.92. The van der Waals surface area contributed by atoms with E-state index in [0.717, 1.165) is 13.1 Å². The molecule has 1 aliphatic rings. The molecule has 3 heterocycles. The van der Waals surface area contributed by atoms with Crippen LogP contribution < -0.4 is 10.2 Å². The minimum atomic E-state index is -0.0954. The van der Waals surface area contributed by atoms with Gasteiger partial charge in [0.15, 0.2) is 5.82 Å². The summed E-state index contributed by atoms with van der Waals surface area (Å²) in [6.07, 6.45) is 3.03.